The molecule has 0 radical (unpaired) electrons. The number of carbonyl (C=O) groups excluding carboxylic acids is 2. The number of carbonyl (C=O) groups is 2. The summed E-state index contributed by atoms with van der Waals surface area (Å²) in [5.74, 6) is 0.336. The lowest BCUT2D eigenvalue weighted by Crippen LogP contribution is -2.38. The molecule has 0 aromatic heterocycles. The highest BCUT2D eigenvalue weighted by molar-refractivity contribution is 5.94. The molecule has 0 atom stereocenters. The van der Waals surface area contributed by atoms with Gasteiger partial charge in [-0.3, -0.25) is 4.79 Å². The van der Waals surface area contributed by atoms with E-state index in [1.165, 1.54) is 0 Å². The van der Waals surface area contributed by atoms with Gasteiger partial charge in [-0.1, -0.05) is 30.3 Å². The summed E-state index contributed by atoms with van der Waals surface area (Å²) in [5, 5.41) is 0. The topological polar surface area (TPSA) is 55.8 Å². The molecule has 0 saturated carbocycles. The zero-order valence-electron chi connectivity index (χ0n) is 14.0. The molecule has 130 valence electrons. The number of nitrogens with zero attached hydrogens (tertiary/aromatic N) is 1. The number of para-hydroxylation sites is 2. The Morgan fingerprint density at radius 3 is 2.32 bits per heavy atom. The molecule has 1 amide bonds. The van der Waals surface area contributed by atoms with Gasteiger partial charge in [-0.15, -0.1) is 0 Å². The lowest BCUT2D eigenvalue weighted by atomic mass is 10.1. The number of piperidine rings is 1. The minimum atomic E-state index is -0.558. The molecule has 1 saturated heterocycles. The van der Waals surface area contributed by atoms with E-state index in [4.69, 9.17) is 9.47 Å². The summed E-state index contributed by atoms with van der Waals surface area (Å²) in [4.78, 5) is 26.3. The normalized spacial score (nSPS) is 14.0. The summed E-state index contributed by atoms with van der Waals surface area (Å²) < 4.78 is 11.0. The summed E-state index contributed by atoms with van der Waals surface area (Å²) in [7, 11) is 0. The first-order chi connectivity index (χ1) is 12.2. The number of likely N-dealkylation sites (tertiary alicyclic amines) is 1. The molecular weight excluding hydrogens is 318 g/mol. The van der Waals surface area contributed by atoms with Crippen molar-refractivity contribution in [1.29, 1.82) is 0 Å². The van der Waals surface area contributed by atoms with Crippen LogP contribution in [0.5, 0.6) is 11.5 Å². The predicted molar refractivity (Wildman–Crippen MR) is 93.7 cm³/mol. The molecule has 5 heteroatoms. The largest absolute Gasteiger partial charge is 0.456 e. The van der Waals surface area contributed by atoms with Crippen LogP contribution in [0, 0.1) is 0 Å². The Kier molecular flexibility index (Phi) is 5.67. The molecule has 0 bridgehead atoms. The number of rotatable bonds is 5. The predicted octanol–water partition coefficient (Wildman–Crippen LogP) is 3.65. The number of benzene rings is 2. The monoisotopic (exact) mass is 339 g/mol. The molecule has 0 N–H and O–H groups in total. The number of esters is 1. The van der Waals surface area contributed by atoms with E-state index in [9.17, 15) is 9.59 Å². The van der Waals surface area contributed by atoms with Crippen LogP contribution in [0.15, 0.2) is 54.6 Å². The SMILES string of the molecule is O=C(OCC(=O)N1CCCCC1)c1ccccc1Oc1ccccc1. The maximum Gasteiger partial charge on any atom is 0.342 e. The second-order valence-corrected chi connectivity index (χ2v) is 5.93. The molecule has 1 fully saturated rings. The van der Waals surface area contributed by atoms with E-state index in [0.717, 1.165) is 32.4 Å². The van der Waals surface area contributed by atoms with Gasteiger partial charge in [-0.05, 0) is 43.5 Å². The highest BCUT2D eigenvalue weighted by Crippen LogP contribution is 2.25. The van der Waals surface area contributed by atoms with Crippen LogP contribution < -0.4 is 4.74 Å². The van der Waals surface area contributed by atoms with Gasteiger partial charge >= 0.3 is 5.97 Å². The third kappa shape index (κ3) is 4.59. The summed E-state index contributed by atoms with van der Waals surface area (Å²) >= 11 is 0. The molecule has 1 aliphatic heterocycles. The third-order valence-electron chi connectivity index (χ3n) is 4.11. The van der Waals surface area contributed by atoms with Gasteiger partial charge in [-0.25, -0.2) is 4.79 Å². The van der Waals surface area contributed by atoms with Crippen LogP contribution in [0.25, 0.3) is 0 Å². The summed E-state index contributed by atoms with van der Waals surface area (Å²) in [6, 6.07) is 16.1. The summed E-state index contributed by atoms with van der Waals surface area (Å²) in [6.07, 6.45) is 3.16. The number of hydrogen-bond acceptors (Lipinski definition) is 4. The van der Waals surface area contributed by atoms with E-state index < -0.39 is 5.97 Å². The van der Waals surface area contributed by atoms with Crippen molar-refractivity contribution in [2.45, 2.75) is 19.3 Å². The van der Waals surface area contributed by atoms with Crippen molar-refractivity contribution in [3.8, 4) is 11.5 Å². The zero-order valence-corrected chi connectivity index (χ0v) is 14.0. The highest BCUT2D eigenvalue weighted by atomic mass is 16.5. The van der Waals surface area contributed by atoms with Crippen LogP contribution >= 0.6 is 0 Å². The first-order valence-corrected chi connectivity index (χ1v) is 8.51. The Hall–Kier alpha value is -2.82. The van der Waals surface area contributed by atoms with Gasteiger partial charge in [0, 0.05) is 13.1 Å². The van der Waals surface area contributed by atoms with Crippen molar-refractivity contribution >= 4 is 11.9 Å². The maximum absolute atomic E-state index is 12.4. The van der Waals surface area contributed by atoms with Crippen molar-refractivity contribution in [2.75, 3.05) is 19.7 Å². The Morgan fingerprint density at radius 1 is 0.880 bits per heavy atom. The fraction of sp³-hybridized carbons (Fsp3) is 0.300. The fourth-order valence-corrected chi connectivity index (χ4v) is 2.78. The van der Waals surface area contributed by atoms with Gasteiger partial charge in [0.25, 0.3) is 5.91 Å². The number of ether oxygens (including phenoxy) is 2. The van der Waals surface area contributed by atoms with Crippen LogP contribution in [0.1, 0.15) is 29.6 Å². The average molecular weight is 339 g/mol. The second-order valence-electron chi connectivity index (χ2n) is 5.93. The number of hydrogen-bond donors (Lipinski definition) is 0. The second kappa shape index (κ2) is 8.33. The Balaban J connectivity index is 1.63. The van der Waals surface area contributed by atoms with Crippen molar-refractivity contribution in [3.63, 3.8) is 0 Å². The van der Waals surface area contributed by atoms with Crippen molar-refractivity contribution in [3.05, 3.63) is 60.2 Å². The first-order valence-electron chi connectivity index (χ1n) is 8.51. The van der Waals surface area contributed by atoms with Crippen LogP contribution in [0.3, 0.4) is 0 Å². The van der Waals surface area contributed by atoms with Crippen molar-refractivity contribution < 1.29 is 19.1 Å². The van der Waals surface area contributed by atoms with E-state index in [1.807, 2.05) is 30.3 Å². The van der Waals surface area contributed by atoms with Gasteiger partial charge in [0.05, 0.1) is 0 Å². The minimum absolute atomic E-state index is 0.144. The van der Waals surface area contributed by atoms with E-state index in [0.29, 0.717) is 17.1 Å². The molecule has 1 heterocycles. The summed E-state index contributed by atoms with van der Waals surface area (Å²) in [6.45, 7) is 1.24. The molecule has 2 aromatic carbocycles. The van der Waals surface area contributed by atoms with E-state index >= 15 is 0 Å². The molecule has 25 heavy (non-hydrogen) atoms. The lowest BCUT2D eigenvalue weighted by Gasteiger charge is -2.26. The van der Waals surface area contributed by atoms with Crippen LogP contribution in [-0.4, -0.2) is 36.5 Å². The lowest BCUT2D eigenvalue weighted by molar-refractivity contribution is -0.135. The van der Waals surface area contributed by atoms with Crippen LogP contribution in [0.2, 0.25) is 0 Å². The van der Waals surface area contributed by atoms with E-state index in [2.05, 4.69) is 0 Å². The molecule has 0 spiro atoms. The van der Waals surface area contributed by atoms with E-state index in [1.54, 1.807) is 29.2 Å². The molecule has 3 rings (SSSR count). The average Bonchev–Trinajstić information content (AvgIpc) is 2.68. The maximum atomic E-state index is 12.4. The molecule has 5 nitrogen and oxygen atoms in total. The third-order valence-corrected chi connectivity index (χ3v) is 4.11. The van der Waals surface area contributed by atoms with Gasteiger partial charge in [0.1, 0.15) is 17.1 Å². The van der Waals surface area contributed by atoms with Crippen LogP contribution in [0.4, 0.5) is 0 Å². The van der Waals surface area contributed by atoms with Gasteiger partial charge in [0.15, 0.2) is 6.61 Å². The summed E-state index contributed by atoms with van der Waals surface area (Å²) in [5.41, 5.74) is 0.304. The standard InChI is InChI=1S/C20H21NO4/c22-19(21-13-7-2-8-14-21)15-24-20(23)17-11-5-6-12-18(17)25-16-9-3-1-4-10-16/h1,3-6,9-12H,2,7-8,13-15H2. The Labute approximate surface area is 147 Å². The van der Waals surface area contributed by atoms with E-state index in [-0.39, 0.29) is 12.5 Å². The van der Waals surface area contributed by atoms with Gasteiger partial charge in [-0.2, -0.15) is 0 Å². The quantitative estimate of drug-likeness (QED) is 0.780. The highest BCUT2D eigenvalue weighted by Gasteiger charge is 2.20. The van der Waals surface area contributed by atoms with Gasteiger partial charge in [0.2, 0.25) is 0 Å². The molecular formula is C20H21NO4. The minimum Gasteiger partial charge on any atom is -0.456 e. The number of amides is 1. The van der Waals surface area contributed by atoms with Crippen molar-refractivity contribution in [2.24, 2.45) is 0 Å². The smallest absolute Gasteiger partial charge is 0.342 e. The molecule has 2 aromatic rings. The molecule has 0 unspecified atom stereocenters. The zero-order chi connectivity index (χ0) is 17.5. The molecule has 1 aliphatic rings. The van der Waals surface area contributed by atoms with Crippen molar-refractivity contribution in [1.82, 2.24) is 4.90 Å². The Morgan fingerprint density at radius 2 is 1.56 bits per heavy atom. The Bertz CT molecular complexity index is 723. The first kappa shape index (κ1) is 17.0. The van der Waals surface area contributed by atoms with Gasteiger partial charge < -0.3 is 14.4 Å². The fourth-order valence-electron chi connectivity index (χ4n) is 2.78. The van der Waals surface area contributed by atoms with Crippen LogP contribution in [-0.2, 0) is 9.53 Å². The molecule has 0 aliphatic carbocycles.